The third-order valence-electron chi connectivity index (χ3n) is 4.79. The zero-order valence-corrected chi connectivity index (χ0v) is 13.4. The molecule has 0 saturated heterocycles. The lowest BCUT2D eigenvalue weighted by atomic mass is 9.47. The van der Waals surface area contributed by atoms with Gasteiger partial charge in [-0.2, -0.15) is 0 Å². The summed E-state index contributed by atoms with van der Waals surface area (Å²) in [6, 6.07) is 0.235. The summed E-state index contributed by atoms with van der Waals surface area (Å²) in [4.78, 5) is 23.7. The second kappa shape index (κ2) is 5.87. The Morgan fingerprint density at radius 3 is 2.20 bits per heavy atom. The van der Waals surface area contributed by atoms with Gasteiger partial charge >= 0.3 is 0 Å². The summed E-state index contributed by atoms with van der Waals surface area (Å²) in [7, 11) is 0. The maximum Gasteiger partial charge on any atom is 0.220 e. The van der Waals surface area contributed by atoms with Crippen molar-refractivity contribution in [3.63, 3.8) is 0 Å². The van der Waals surface area contributed by atoms with Gasteiger partial charge in [0.25, 0.3) is 0 Å². The first-order valence-corrected chi connectivity index (χ1v) is 8.12. The van der Waals surface area contributed by atoms with E-state index >= 15 is 0 Å². The normalized spacial score (nSPS) is 32.1. The standard InChI is InChI=1S/C17H29NO2/c1-11(2)5-15(19)14-9-17(10-14)7-13(8-17)6-16(20)18-12(3)4/h11-14H,5-10H2,1-4H3,(H,18,20). The van der Waals surface area contributed by atoms with Gasteiger partial charge in [-0.1, -0.05) is 13.8 Å². The number of nitrogens with one attached hydrogen (secondary N) is 1. The fraction of sp³-hybridized carbons (Fsp3) is 0.882. The van der Waals surface area contributed by atoms with E-state index < -0.39 is 0 Å². The van der Waals surface area contributed by atoms with E-state index in [1.165, 1.54) is 0 Å². The summed E-state index contributed by atoms with van der Waals surface area (Å²) in [5.41, 5.74) is 0.431. The van der Waals surface area contributed by atoms with Crippen LogP contribution in [0.2, 0.25) is 0 Å². The molecule has 0 heterocycles. The number of ketones is 1. The highest BCUT2D eigenvalue weighted by Gasteiger charge is 2.54. The second-order valence-corrected chi connectivity index (χ2v) is 7.87. The zero-order valence-electron chi connectivity index (χ0n) is 13.4. The van der Waals surface area contributed by atoms with E-state index in [2.05, 4.69) is 19.2 Å². The van der Waals surface area contributed by atoms with Crippen LogP contribution in [0.5, 0.6) is 0 Å². The van der Waals surface area contributed by atoms with Crippen LogP contribution in [0.15, 0.2) is 0 Å². The maximum atomic E-state index is 12.0. The summed E-state index contributed by atoms with van der Waals surface area (Å²) in [6.07, 6.45) is 5.89. The Hall–Kier alpha value is -0.860. The quantitative estimate of drug-likeness (QED) is 0.810. The van der Waals surface area contributed by atoms with Gasteiger partial charge in [-0.05, 0) is 56.8 Å². The van der Waals surface area contributed by atoms with Crippen LogP contribution in [0, 0.1) is 23.2 Å². The van der Waals surface area contributed by atoms with Gasteiger partial charge in [0.2, 0.25) is 5.91 Å². The average molecular weight is 279 g/mol. The van der Waals surface area contributed by atoms with Gasteiger partial charge < -0.3 is 5.32 Å². The molecule has 1 amide bonds. The molecule has 3 heteroatoms. The fourth-order valence-corrected chi connectivity index (χ4v) is 4.07. The first-order chi connectivity index (χ1) is 9.29. The Bertz CT molecular complexity index is 372. The van der Waals surface area contributed by atoms with E-state index in [0.29, 0.717) is 35.4 Å². The molecule has 0 unspecified atom stereocenters. The van der Waals surface area contributed by atoms with Gasteiger partial charge in [-0.3, -0.25) is 9.59 Å². The van der Waals surface area contributed by atoms with Crippen LogP contribution >= 0.6 is 0 Å². The third-order valence-corrected chi connectivity index (χ3v) is 4.79. The molecule has 0 aliphatic heterocycles. The first-order valence-electron chi connectivity index (χ1n) is 8.12. The van der Waals surface area contributed by atoms with Gasteiger partial charge in [0.15, 0.2) is 0 Å². The van der Waals surface area contributed by atoms with E-state index in [1.54, 1.807) is 0 Å². The number of Topliss-reactive ketones (excluding diaryl/α,β-unsaturated/α-hetero) is 1. The molecular weight excluding hydrogens is 250 g/mol. The Morgan fingerprint density at radius 1 is 1.10 bits per heavy atom. The largest absolute Gasteiger partial charge is 0.354 e. The van der Waals surface area contributed by atoms with Crippen molar-refractivity contribution >= 4 is 11.7 Å². The monoisotopic (exact) mass is 279 g/mol. The maximum absolute atomic E-state index is 12.0. The number of rotatable bonds is 6. The minimum Gasteiger partial charge on any atom is -0.354 e. The van der Waals surface area contributed by atoms with Gasteiger partial charge in [0.05, 0.1) is 0 Å². The predicted octanol–water partition coefficient (Wildman–Crippen LogP) is 3.32. The van der Waals surface area contributed by atoms with E-state index in [9.17, 15) is 9.59 Å². The van der Waals surface area contributed by atoms with E-state index in [1.807, 2.05) is 13.8 Å². The van der Waals surface area contributed by atoms with Crippen LogP contribution < -0.4 is 5.32 Å². The minimum atomic E-state index is 0.187. The highest BCUT2D eigenvalue weighted by Crippen LogP contribution is 2.62. The van der Waals surface area contributed by atoms with Crippen molar-refractivity contribution in [1.82, 2.24) is 5.32 Å². The van der Waals surface area contributed by atoms with Crippen LogP contribution in [-0.2, 0) is 9.59 Å². The molecule has 1 N–H and O–H groups in total. The summed E-state index contributed by atoms with van der Waals surface area (Å²) >= 11 is 0. The molecular formula is C17H29NO2. The molecule has 1 spiro atoms. The first kappa shape index (κ1) is 15.5. The molecule has 0 radical (unpaired) electrons. The van der Waals surface area contributed by atoms with Gasteiger partial charge in [0.1, 0.15) is 5.78 Å². The van der Waals surface area contributed by atoms with Crippen molar-refractivity contribution in [2.45, 2.75) is 72.3 Å². The summed E-state index contributed by atoms with van der Waals surface area (Å²) in [6.45, 7) is 8.21. The molecule has 114 valence electrons. The number of hydrogen-bond donors (Lipinski definition) is 1. The van der Waals surface area contributed by atoms with Crippen LogP contribution in [-0.4, -0.2) is 17.7 Å². The molecule has 2 aliphatic rings. The van der Waals surface area contributed by atoms with Gasteiger partial charge in [-0.15, -0.1) is 0 Å². The number of carbonyl (C=O) groups excluding carboxylic acids is 2. The molecule has 3 nitrogen and oxygen atoms in total. The van der Waals surface area contributed by atoms with Crippen LogP contribution in [0.25, 0.3) is 0 Å². The lowest BCUT2D eigenvalue weighted by Gasteiger charge is -2.57. The van der Waals surface area contributed by atoms with Gasteiger partial charge in [0, 0.05) is 24.8 Å². The molecule has 2 aliphatic carbocycles. The summed E-state index contributed by atoms with van der Waals surface area (Å²) in [5.74, 6) is 2.00. The van der Waals surface area contributed by atoms with Crippen molar-refractivity contribution in [2.24, 2.45) is 23.2 Å². The van der Waals surface area contributed by atoms with Crippen molar-refractivity contribution in [3.05, 3.63) is 0 Å². The lowest BCUT2D eigenvalue weighted by molar-refractivity contribution is -0.142. The molecule has 2 rings (SSSR count). The number of amides is 1. The fourth-order valence-electron chi connectivity index (χ4n) is 4.07. The Labute approximate surface area is 122 Å². The van der Waals surface area contributed by atoms with Crippen molar-refractivity contribution in [1.29, 1.82) is 0 Å². The average Bonchev–Trinajstić information content (AvgIpc) is 2.16. The molecule has 0 bridgehead atoms. The predicted molar refractivity (Wildman–Crippen MR) is 80.2 cm³/mol. The molecule has 0 aromatic carbocycles. The number of carbonyl (C=O) groups is 2. The van der Waals surface area contributed by atoms with Crippen LogP contribution in [0.3, 0.4) is 0 Å². The van der Waals surface area contributed by atoms with Crippen LogP contribution in [0.4, 0.5) is 0 Å². The molecule has 0 atom stereocenters. The molecule has 20 heavy (non-hydrogen) atoms. The molecule has 0 aromatic rings. The van der Waals surface area contributed by atoms with E-state index in [4.69, 9.17) is 0 Å². The van der Waals surface area contributed by atoms with Crippen molar-refractivity contribution in [3.8, 4) is 0 Å². The van der Waals surface area contributed by atoms with Crippen molar-refractivity contribution in [2.75, 3.05) is 0 Å². The second-order valence-electron chi connectivity index (χ2n) is 7.87. The topological polar surface area (TPSA) is 46.2 Å². The number of hydrogen-bond acceptors (Lipinski definition) is 2. The highest BCUT2D eigenvalue weighted by atomic mass is 16.1. The smallest absolute Gasteiger partial charge is 0.220 e. The third kappa shape index (κ3) is 3.62. The van der Waals surface area contributed by atoms with E-state index in [0.717, 1.165) is 32.1 Å². The Morgan fingerprint density at radius 2 is 1.70 bits per heavy atom. The molecule has 0 aromatic heterocycles. The van der Waals surface area contributed by atoms with E-state index in [-0.39, 0.29) is 11.9 Å². The Kier molecular flexibility index (Phi) is 4.55. The molecule has 2 saturated carbocycles. The molecule has 2 fully saturated rings. The van der Waals surface area contributed by atoms with Crippen LogP contribution in [0.1, 0.15) is 66.2 Å². The highest BCUT2D eigenvalue weighted by molar-refractivity contribution is 5.82. The summed E-state index contributed by atoms with van der Waals surface area (Å²) < 4.78 is 0. The minimum absolute atomic E-state index is 0.187. The Balaban J connectivity index is 1.65. The van der Waals surface area contributed by atoms with Crippen molar-refractivity contribution < 1.29 is 9.59 Å². The lowest BCUT2D eigenvalue weighted by Crippen LogP contribution is -2.50. The van der Waals surface area contributed by atoms with Gasteiger partial charge in [-0.25, -0.2) is 0 Å². The SMILES string of the molecule is CC(C)CC(=O)C1CC2(CC(CC(=O)NC(C)C)C2)C1. The zero-order chi connectivity index (χ0) is 14.9. The summed E-state index contributed by atoms with van der Waals surface area (Å²) in [5, 5.41) is 2.96.